The zero-order valence-corrected chi connectivity index (χ0v) is 34.0. The average molecular weight is 786 g/mol. The van der Waals surface area contributed by atoms with E-state index in [2.05, 4.69) is 10.0 Å². The van der Waals surface area contributed by atoms with Gasteiger partial charge < -0.3 is 43.3 Å². The van der Waals surface area contributed by atoms with Crippen LogP contribution in [0, 0.1) is 17.8 Å². The number of esters is 2. The Balaban J connectivity index is 2.15. The van der Waals surface area contributed by atoms with Crippen molar-refractivity contribution in [2.75, 3.05) is 40.9 Å². The highest BCUT2D eigenvalue weighted by molar-refractivity contribution is 6.08. The van der Waals surface area contributed by atoms with Crippen LogP contribution in [-0.2, 0) is 47.6 Å². The van der Waals surface area contributed by atoms with Gasteiger partial charge in [-0.3, -0.25) is 14.4 Å². The second-order valence-corrected chi connectivity index (χ2v) is 15.9. The number of carbonyl (C=O) groups is 5. The fourth-order valence-corrected chi connectivity index (χ4v) is 8.43. The monoisotopic (exact) mass is 785 g/mol. The summed E-state index contributed by atoms with van der Waals surface area (Å²) in [6.45, 7) is 11.6. The molecule has 0 aliphatic carbocycles. The molecule has 3 fully saturated rings. The van der Waals surface area contributed by atoms with Gasteiger partial charge in [0.05, 0.1) is 23.9 Å². The largest absolute Gasteiger partial charge is 0.463 e. The Labute approximate surface area is 322 Å². The van der Waals surface area contributed by atoms with E-state index in [0.29, 0.717) is 12.8 Å². The van der Waals surface area contributed by atoms with Crippen LogP contribution in [0.5, 0.6) is 0 Å². The number of ketones is 2. The Kier molecular flexibility index (Phi) is 15.6. The highest BCUT2D eigenvalue weighted by atomic mass is 19.1. The topological polar surface area (TPSA) is 216 Å². The number of hydrogen-bond donors (Lipinski definition) is 1. The maximum atomic E-state index is 16.8. The second-order valence-electron chi connectivity index (χ2n) is 15.9. The maximum absolute atomic E-state index is 16.8. The predicted molar refractivity (Wildman–Crippen MR) is 194 cm³/mol. The van der Waals surface area contributed by atoms with E-state index < -0.39 is 101 Å². The number of amides is 1. The summed E-state index contributed by atoms with van der Waals surface area (Å²) in [5, 5.41) is 15.0. The molecule has 3 aliphatic heterocycles. The number of cyclic esters (lactones) is 1. The van der Waals surface area contributed by atoms with Crippen molar-refractivity contribution in [1.29, 1.82) is 0 Å². The molecular formula is C37H60FN5O12. The number of rotatable bonds is 12. The molecule has 0 aromatic heterocycles. The molecule has 8 unspecified atom stereocenters. The first-order chi connectivity index (χ1) is 25.6. The highest BCUT2D eigenvalue weighted by Gasteiger charge is 2.61. The number of azide groups is 1. The highest BCUT2D eigenvalue weighted by Crippen LogP contribution is 2.43. The van der Waals surface area contributed by atoms with Gasteiger partial charge in [0.2, 0.25) is 0 Å². The third kappa shape index (κ3) is 9.95. The Morgan fingerprint density at radius 2 is 1.78 bits per heavy atom. The van der Waals surface area contributed by atoms with E-state index in [4.69, 9.17) is 34.0 Å². The summed E-state index contributed by atoms with van der Waals surface area (Å²) in [7, 11) is 4.82. The van der Waals surface area contributed by atoms with Crippen LogP contribution < -0.4 is 0 Å². The average Bonchev–Trinajstić information content (AvgIpc) is 3.39. The molecule has 0 spiro atoms. The molecule has 17 nitrogen and oxygen atoms in total. The summed E-state index contributed by atoms with van der Waals surface area (Å²) in [4.78, 5) is 73.6. The van der Waals surface area contributed by atoms with Gasteiger partial charge in [0.25, 0.3) is 5.67 Å². The van der Waals surface area contributed by atoms with Crippen molar-refractivity contribution in [1.82, 2.24) is 9.80 Å². The minimum absolute atomic E-state index is 0.0406. The van der Waals surface area contributed by atoms with Crippen LogP contribution in [0.3, 0.4) is 0 Å². The van der Waals surface area contributed by atoms with Crippen molar-refractivity contribution in [2.24, 2.45) is 22.9 Å². The number of aliphatic hydroxyl groups is 1. The quantitative estimate of drug-likeness (QED) is 0.0566. The number of halogens is 1. The standard InChI is InChI=1S/C37H60FN5O12/c1-12-26-37(8)29(43(34(49)55-37)16-14-13-15-40-41-39)21(3)27(45)20(2)18-35(6,50-11)31(22(4)30(47)36(7,38)33(48)53-26)54-32-28(46)25(42(9)10)17-24(52-32)19-51-23(5)44/h20-22,24-26,28-29,31-32,46H,12-19H2,1-11H3/t20-,21+,22?,24?,25?,26?,28?,29?,31-,32?,35+,36?,37-/m1/s1. The van der Waals surface area contributed by atoms with Gasteiger partial charge in [-0.2, -0.15) is 0 Å². The van der Waals surface area contributed by atoms with E-state index in [1.807, 2.05) is 0 Å². The first kappa shape index (κ1) is 46.0. The van der Waals surface area contributed by atoms with E-state index in [0.717, 1.165) is 6.92 Å². The van der Waals surface area contributed by atoms with Crippen molar-refractivity contribution >= 4 is 29.6 Å². The van der Waals surface area contributed by atoms with Gasteiger partial charge in [0.15, 0.2) is 17.7 Å². The van der Waals surface area contributed by atoms with Crippen LogP contribution in [-0.4, -0.2) is 145 Å². The summed E-state index contributed by atoms with van der Waals surface area (Å²) in [5.41, 5.74) is 2.24. The van der Waals surface area contributed by atoms with Crippen LogP contribution in [0.2, 0.25) is 0 Å². The van der Waals surface area contributed by atoms with Gasteiger partial charge in [-0.05, 0) is 72.5 Å². The number of Topliss-reactive ketones (excluding diaryl/α,β-unsaturated/α-hetero) is 2. The van der Waals surface area contributed by atoms with Gasteiger partial charge >= 0.3 is 18.0 Å². The van der Waals surface area contributed by atoms with Crippen LogP contribution in [0.25, 0.3) is 10.4 Å². The summed E-state index contributed by atoms with van der Waals surface area (Å²) in [6, 6.07) is -1.54. The summed E-state index contributed by atoms with van der Waals surface area (Å²) < 4.78 is 52.3. The Bertz CT molecular complexity index is 1460. The maximum Gasteiger partial charge on any atom is 0.410 e. The number of fused-ring (bicyclic) bond motifs is 1. The van der Waals surface area contributed by atoms with E-state index in [9.17, 15) is 29.1 Å². The molecular weight excluding hydrogens is 725 g/mol. The van der Waals surface area contributed by atoms with Gasteiger partial charge in [0, 0.05) is 55.8 Å². The fraction of sp³-hybridized carbons (Fsp3) is 0.865. The number of alkyl halides is 1. The van der Waals surface area contributed by atoms with Gasteiger partial charge in [-0.1, -0.05) is 32.8 Å². The van der Waals surface area contributed by atoms with Crippen molar-refractivity contribution < 1.29 is 61.9 Å². The molecule has 0 aromatic rings. The first-order valence-corrected chi connectivity index (χ1v) is 18.9. The normalized spacial score (nSPS) is 39.1. The first-order valence-electron chi connectivity index (χ1n) is 18.9. The number of unbranched alkanes of at least 4 members (excludes halogenated alkanes) is 1. The van der Waals surface area contributed by atoms with Gasteiger partial charge in [0.1, 0.15) is 24.6 Å². The van der Waals surface area contributed by atoms with E-state index in [1.165, 1.54) is 32.8 Å². The number of carbonyl (C=O) groups excluding carboxylic acids is 5. The number of nitrogens with zero attached hydrogens (tertiary/aromatic N) is 5. The molecule has 3 aliphatic rings. The van der Waals surface area contributed by atoms with Gasteiger partial charge in [-0.15, -0.1) is 0 Å². The van der Waals surface area contributed by atoms with Crippen molar-refractivity contribution in [3.05, 3.63) is 10.4 Å². The SMILES string of the molecule is CCC1OC(=O)C(C)(F)C(=O)C(C)[C@@H](OC2OC(COC(C)=O)CC(N(C)C)C2O)[C@@](C)(OC)C[C@@H](C)C(=O)[C@H](C)C2N(CCCCN=[N+]=[N-])C(=O)O[C@]12C. The molecule has 3 heterocycles. The Morgan fingerprint density at radius 1 is 1.13 bits per heavy atom. The molecule has 13 atom stereocenters. The fourth-order valence-electron chi connectivity index (χ4n) is 8.43. The lowest BCUT2D eigenvalue weighted by atomic mass is 9.73. The van der Waals surface area contributed by atoms with Crippen molar-refractivity contribution in [3.63, 3.8) is 0 Å². The zero-order valence-electron chi connectivity index (χ0n) is 34.0. The zero-order chi connectivity index (χ0) is 41.6. The second kappa shape index (κ2) is 18.7. The molecule has 0 bridgehead atoms. The van der Waals surface area contributed by atoms with E-state index in [1.54, 1.807) is 46.7 Å². The van der Waals surface area contributed by atoms with Crippen LogP contribution >= 0.6 is 0 Å². The molecule has 0 radical (unpaired) electrons. The van der Waals surface area contributed by atoms with Crippen LogP contribution in [0.4, 0.5) is 9.18 Å². The molecule has 1 N–H and O–H groups in total. The van der Waals surface area contributed by atoms with Crippen LogP contribution in [0.1, 0.15) is 87.5 Å². The molecule has 55 heavy (non-hydrogen) atoms. The molecule has 3 rings (SSSR count). The number of likely N-dealkylation sites (N-methyl/N-ethyl adjacent to an activating group) is 1. The number of aliphatic hydroxyl groups excluding tert-OH is 1. The number of methoxy groups -OCH3 is 1. The van der Waals surface area contributed by atoms with Crippen molar-refractivity contribution in [2.45, 2.75) is 147 Å². The smallest absolute Gasteiger partial charge is 0.410 e. The van der Waals surface area contributed by atoms with Crippen molar-refractivity contribution in [3.8, 4) is 0 Å². The lowest BCUT2D eigenvalue weighted by Gasteiger charge is -2.47. The molecule has 0 aromatic carbocycles. The molecule has 18 heteroatoms. The summed E-state index contributed by atoms with van der Waals surface area (Å²) in [6.07, 6.45) is -5.89. The van der Waals surface area contributed by atoms with E-state index in [-0.39, 0.29) is 44.7 Å². The lowest BCUT2D eigenvalue weighted by Crippen LogP contribution is -2.62. The molecule has 312 valence electrons. The third-order valence-corrected chi connectivity index (χ3v) is 11.5. The van der Waals surface area contributed by atoms with E-state index >= 15 is 4.39 Å². The van der Waals surface area contributed by atoms with Crippen LogP contribution in [0.15, 0.2) is 5.11 Å². The minimum atomic E-state index is -3.24. The predicted octanol–water partition coefficient (Wildman–Crippen LogP) is 3.92. The molecule has 3 saturated heterocycles. The molecule has 0 saturated carbocycles. The lowest BCUT2D eigenvalue weighted by molar-refractivity contribution is -0.301. The minimum Gasteiger partial charge on any atom is -0.463 e. The summed E-state index contributed by atoms with van der Waals surface area (Å²) in [5.74, 6) is -6.76. The summed E-state index contributed by atoms with van der Waals surface area (Å²) >= 11 is 0. The number of ether oxygens (including phenoxy) is 6. The Morgan fingerprint density at radius 3 is 2.35 bits per heavy atom. The Hall–Kier alpha value is -3.41. The third-order valence-electron chi connectivity index (χ3n) is 11.5. The van der Waals surface area contributed by atoms with Gasteiger partial charge in [-0.25, -0.2) is 14.0 Å². The number of hydrogen-bond acceptors (Lipinski definition) is 14. The molecule has 1 amide bonds.